The smallest absolute Gasteiger partial charge is 0.119 e. The average molecular weight is 370 g/mol. The van der Waals surface area contributed by atoms with Crippen LogP contribution in [-0.2, 0) is 12.8 Å². The summed E-state index contributed by atoms with van der Waals surface area (Å²) >= 11 is 0. The zero-order valence-corrected chi connectivity index (χ0v) is 16.8. The van der Waals surface area contributed by atoms with Gasteiger partial charge in [0.2, 0.25) is 0 Å². The summed E-state index contributed by atoms with van der Waals surface area (Å²) in [5, 5.41) is 8.78. The summed E-state index contributed by atoms with van der Waals surface area (Å²) in [5.74, 6) is 0.924. The van der Waals surface area contributed by atoms with Crippen LogP contribution in [0.4, 0.5) is 0 Å². The fraction of sp³-hybridized carbons (Fsp3) is 0.500. The maximum absolute atomic E-state index is 8.78. The monoisotopic (exact) mass is 369 g/mol. The standard InChI is InChI=1S/C24H35NO2/c1-2-25(18-8-12-22-10-4-3-5-11-22)19-9-13-23-14-16-24(17-15-23)27-21-7-6-20-26/h3-5,10-11,14-17,26H,2,6-9,12-13,18-21H2,1H3. The highest BCUT2D eigenvalue weighted by Crippen LogP contribution is 2.14. The maximum Gasteiger partial charge on any atom is 0.119 e. The van der Waals surface area contributed by atoms with E-state index < -0.39 is 0 Å². The number of nitrogens with zero attached hydrogens (tertiary/aromatic N) is 1. The zero-order chi connectivity index (χ0) is 19.2. The first-order valence-corrected chi connectivity index (χ1v) is 10.4. The first-order chi connectivity index (χ1) is 13.3. The van der Waals surface area contributed by atoms with E-state index in [1.807, 2.05) is 0 Å². The normalized spacial score (nSPS) is 11.1. The molecule has 0 bridgehead atoms. The summed E-state index contributed by atoms with van der Waals surface area (Å²) in [6, 6.07) is 19.2. The molecular formula is C24H35NO2. The van der Waals surface area contributed by atoms with Crippen LogP contribution in [0.3, 0.4) is 0 Å². The number of aryl methyl sites for hydroxylation is 2. The zero-order valence-electron chi connectivity index (χ0n) is 16.8. The molecule has 0 spiro atoms. The SMILES string of the molecule is CCN(CCCc1ccccc1)CCCc1ccc(OCCCCO)cc1. The van der Waals surface area contributed by atoms with Crippen LogP contribution in [0.25, 0.3) is 0 Å². The average Bonchev–Trinajstić information content (AvgIpc) is 2.72. The van der Waals surface area contributed by atoms with Crippen molar-refractivity contribution in [2.75, 3.05) is 32.8 Å². The number of benzene rings is 2. The molecule has 0 aliphatic heterocycles. The van der Waals surface area contributed by atoms with Crippen molar-refractivity contribution in [1.29, 1.82) is 0 Å². The first-order valence-electron chi connectivity index (χ1n) is 10.4. The third-order valence-electron chi connectivity index (χ3n) is 4.91. The Balaban J connectivity index is 1.61. The molecule has 0 aromatic heterocycles. The summed E-state index contributed by atoms with van der Waals surface area (Å²) in [6.45, 7) is 6.62. The summed E-state index contributed by atoms with van der Waals surface area (Å²) < 4.78 is 5.68. The molecule has 0 amide bonds. The number of hydrogen-bond acceptors (Lipinski definition) is 3. The highest BCUT2D eigenvalue weighted by Gasteiger charge is 2.03. The molecule has 3 heteroatoms. The Morgan fingerprint density at radius 3 is 2.00 bits per heavy atom. The van der Waals surface area contributed by atoms with Crippen LogP contribution in [0, 0.1) is 0 Å². The summed E-state index contributed by atoms with van der Waals surface area (Å²) in [7, 11) is 0. The second kappa shape index (κ2) is 13.3. The van der Waals surface area contributed by atoms with Gasteiger partial charge in [0.05, 0.1) is 6.61 Å². The molecule has 0 atom stereocenters. The fourth-order valence-electron chi connectivity index (χ4n) is 3.24. The lowest BCUT2D eigenvalue weighted by Gasteiger charge is -2.20. The van der Waals surface area contributed by atoms with Gasteiger partial charge in [-0.25, -0.2) is 0 Å². The Morgan fingerprint density at radius 2 is 1.41 bits per heavy atom. The lowest BCUT2D eigenvalue weighted by atomic mass is 10.1. The van der Waals surface area contributed by atoms with Gasteiger partial charge in [-0.05, 0) is 81.4 Å². The second-order valence-corrected chi connectivity index (χ2v) is 7.05. The second-order valence-electron chi connectivity index (χ2n) is 7.05. The van der Waals surface area contributed by atoms with E-state index in [-0.39, 0.29) is 6.61 Å². The third-order valence-corrected chi connectivity index (χ3v) is 4.91. The van der Waals surface area contributed by atoms with E-state index in [1.165, 1.54) is 30.5 Å². The van der Waals surface area contributed by atoms with Crippen molar-refractivity contribution in [1.82, 2.24) is 4.90 Å². The number of hydrogen-bond donors (Lipinski definition) is 1. The molecule has 3 nitrogen and oxygen atoms in total. The number of ether oxygens (including phenoxy) is 1. The molecule has 2 aromatic rings. The van der Waals surface area contributed by atoms with Crippen LogP contribution in [0.1, 0.15) is 43.7 Å². The minimum absolute atomic E-state index is 0.239. The highest BCUT2D eigenvalue weighted by molar-refractivity contribution is 5.27. The predicted octanol–water partition coefficient (Wildman–Crippen LogP) is 4.73. The Hall–Kier alpha value is -1.84. The van der Waals surface area contributed by atoms with Gasteiger partial charge in [0.25, 0.3) is 0 Å². The van der Waals surface area contributed by atoms with Gasteiger partial charge in [0, 0.05) is 6.61 Å². The first kappa shape index (κ1) is 21.5. The lowest BCUT2D eigenvalue weighted by molar-refractivity contribution is 0.253. The Labute approximate surface area is 165 Å². The van der Waals surface area contributed by atoms with Crippen molar-refractivity contribution in [3.05, 3.63) is 65.7 Å². The van der Waals surface area contributed by atoms with E-state index in [9.17, 15) is 0 Å². The quantitative estimate of drug-likeness (QED) is 0.489. The van der Waals surface area contributed by atoms with Gasteiger partial charge in [0.1, 0.15) is 5.75 Å². The van der Waals surface area contributed by atoms with Crippen LogP contribution in [0.5, 0.6) is 5.75 Å². The van der Waals surface area contributed by atoms with Crippen molar-refractivity contribution in [3.8, 4) is 5.75 Å². The van der Waals surface area contributed by atoms with Crippen molar-refractivity contribution in [2.45, 2.75) is 45.4 Å². The van der Waals surface area contributed by atoms with Crippen LogP contribution in [-0.4, -0.2) is 42.9 Å². The van der Waals surface area contributed by atoms with E-state index in [0.717, 1.165) is 44.5 Å². The lowest BCUT2D eigenvalue weighted by Crippen LogP contribution is -2.26. The number of aliphatic hydroxyl groups excluding tert-OH is 1. The Bertz CT molecular complexity index is 598. The molecule has 0 fully saturated rings. The number of rotatable bonds is 14. The van der Waals surface area contributed by atoms with Crippen molar-refractivity contribution < 1.29 is 9.84 Å². The van der Waals surface area contributed by atoms with Crippen LogP contribution in [0.15, 0.2) is 54.6 Å². The maximum atomic E-state index is 8.78. The molecule has 0 saturated carbocycles. The largest absolute Gasteiger partial charge is 0.494 e. The molecule has 0 saturated heterocycles. The predicted molar refractivity (Wildman–Crippen MR) is 113 cm³/mol. The van der Waals surface area contributed by atoms with Gasteiger partial charge >= 0.3 is 0 Å². The molecule has 2 rings (SSSR count). The van der Waals surface area contributed by atoms with E-state index in [1.54, 1.807) is 0 Å². The molecule has 0 heterocycles. The van der Waals surface area contributed by atoms with Crippen molar-refractivity contribution in [2.24, 2.45) is 0 Å². The van der Waals surface area contributed by atoms with Gasteiger partial charge in [-0.15, -0.1) is 0 Å². The molecule has 0 aliphatic rings. The van der Waals surface area contributed by atoms with Gasteiger partial charge < -0.3 is 14.7 Å². The topological polar surface area (TPSA) is 32.7 Å². The van der Waals surface area contributed by atoms with Crippen molar-refractivity contribution >= 4 is 0 Å². The molecule has 0 radical (unpaired) electrons. The van der Waals surface area contributed by atoms with Gasteiger partial charge in [-0.3, -0.25) is 0 Å². The van der Waals surface area contributed by atoms with Crippen molar-refractivity contribution in [3.63, 3.8) is 0 Å². The molecule has 2 aromatic carbocycles. The van der Waals surface area contributed by atoms with Crippen LogP contribution in [0.2, 0.25) is 0 Å². The number of unbranched alkanes of at least 4 members (excludes halogenated alkanes) is 1. The van der Waals surface area contributed by atoms with Gasteiger partial charge in [-0.2, -0.15) is 0 Å². The fourth-order valence-corrected chi connectivity index (χ4v) is 3.24. The summed E-state index contributed by atoms with van der Waals surface area (Å²) in [5.41, 5.74) is 2.81. The summed E-state index contributed by atoms with van der Waals surface area (Å²) in [4.78, 5) is 2.56. The van der Waals surface area contributed by atoms with E-state index in [0.29, 0.717) is 6.61 Å². The molecule has 0 aliphatic carbocycles. The Kier molecular flexibility index (Phi) is 10.6. The molecular weight excluding hydrogens is 334 g/mol. The van der Waals surface area contributed by atoms with Gasteiger partial charge in [-0.1, -0.05) is 49.4 Å². The molecule has 148 valence electrons. The van der Waals surface area contributed by atoms with Crippen LogP contribution >= 0.6 is 0 Å². The Morgan fingerprint density at radius 1 is 0.778 bits per heavy atom. The molecule has 27 heavy (non-hydrogen) atoms. The van der Waals surface area contributed by atoms with Gasteiger partial charge in [0.15, 0.2) is 0 Å². The summed E-state index contributed by atoms with van der Waals surface area (Å²) in [6.07, 6.45) is 6.39. The molecule has 0 unspecified atom stereocenters. The van der Waals surface area contributed by atoms with Crippen LogP contribution < -0.4 is 4.74 Å². The van der Waals surface area contributed by atoms with E-state index in [4.69, 9.17) is 9.84 Å². The van der Waals surface area contributed by atoms with E-state index in [2.05, 4.69) is 66.4 Å². The minimum Gasteiger partial charge on any atom is -0.494 e. The highest BCUT2D eigenvalue weighted by atomic mass is 16.5. The molecule has 1 N–H and O–H groups in total. The minimum atomic E-state index is 0.239. The third kappa shape index (κ3) is 9.07. The van der Waals surface area contributed by atoms with E-state index >= 15 is 0 Å². The number of aliphatic hydroxyl groups is 1.